The van der Waals surface area contributed by atoms with E-state index in [1.54, 1.807) is 0 Å². The largest absolute Gasteiger partial charge is 0.493 e. The van der Waals surface area contributed by atoms with E-state index in [4.69, 9.17) is 18.8 Å². The first-order chi connectivity index (χ1) is 19.3. The summed E-state index contributed by atoms with van der Waals surface area (Å²) in [5.74, 6) is 0.381. The Hall–Kier alpha value is -2.53. The van der Waals surface area contributed by atoms with Crippen molar-refractivity contribution in [3.63, 3.8) is 0 Å². The van der Waals surface area contributed by atoms with Crippen LogP contribution in [0.5, 0.6) is 0 Å². The van der Waals surface area contributed by atoms with Gasteiger partial charge in [-0.3, -0.25) is 4.79 Å². The maximum absolute atomic E-state index is 13.5. The van der Waals surface area contributed by atoms with Crippen molar-refractivity contribution in [1.29, 1.82) is 0 Å². The zero-order valence-corrected chi connectivity index (χ0v) is 23.9. The number of ether oxygens (including phenoxy) is 2. The second-order valence-electron chi connectivity index (χ2n) is 11.8. The molecule has 2 aromatic rings. The van der Waals surface area contributed by atoms with Crippen molar-refractivity contribution in [2.75, 3.05) is 66.8 Å². The van der Waals surface area contributed by atoms with Crippen LogP contribution in [0.1, 0.15) is 36.5 Å². The molecular weight excluding hydrogens is 507 g/mol. The minimum atomic E-state index is -1.62. The topological polar surface area (TPSA) is 89.5 Å². The van der Waals surface area contributed by atoms with Crippen molar-refractivity contribution >= 4 is 24.1 Å². The lowest BCUT2D eigenvalue weighted by atomic mass is 9.72. The Kier molecular flexibility index (Phi) is 9.09. The lowest BCUT2D eigenvalue weighted by Crippen LogP contribution is -2.52. The molecule has 0 bridgehead atoms. The number of nitrogens with zero attached hydrogens (tertiary/aromatic N) is 1. The number of hydrogen-bond donors (Lipinski definition) is 2. The Morgan fingerprint density at radius 2 is 1.82 bits per heavy atom. The molecule has 1 unspecified atom stereocenters. The zero-order chi connectivity index (χ0) is 28.2. The molecule has 0 amide bonds. The normalized spacial score (nSPS) is 22.2. The quantitative estimate of drug-likeness (QED) is 0.326. The predicted octanol–water partition coefficient (Wildman–Crippen LogP) is 2.14. The van der Waals surface area contributed by atoms with Gasteiger partial charge >= 0.3 is 7.12 Å². The van der Waals surface area contributed by atoms with Gasteiger partial charge in [-0.25, -0.2) is 0 Å². The highest BCUT2D eigenvalue weighted by atomic mass is 16.6. The number of ketones is 1. The first-order valence-corrected chi connectivity index (χ1v) is 14.3. The molecule has 2 heterocycles. The molecule has 5 rings (SSSR count). The number of fused-ring (bicyclic) bond motifs is 2. The summed E-state index contributed by atoms with van der Waals surface area (Å²) in [5.41, 5.74) is 2.07. The number of aliphatic hydroxyl groups is 1. The molecule has 214 valence electrons. The van der Waals surface area contributed by atoms with E-state index in [1.807, 2.05) is 62.6 Å². The predicted molar refractivity (Wildman–Crippen MR) is 155 cm³/mol. The standard InChI is InChI=1S/C31H41BN2O6/c1-30(20-33-14-17-37-18-15-34(2)3)21-39-32(40-22-30)24-12-10-23(11-13-24)19-31(36)27-9-5-4-7-25(27)28-26(29(31)35)8-6-16-38-28/h4-5,7,9-13,33,36H,6,8,14-22H2,1-3H3. The highest BCUT2D eigenvalue weighted by Crippen LogP contribution is 2.44. The van der Waals surface area contributed by atoms with Crippen molar-refractivity contribution in [3.05, 3.63) is 70.8 Å². The highest BCUT2D eigenvalue weighted by Gasteiger charge is 2.47. The lowest BCUT2D eigenvalue weighted by molar-refractivity contribution is -0.135. The number of benzene rings is 2. The van der Waals surface area contributed by atoms with Gasteiger partial charge in [0.15, 0.2) is 11.4 Å². The van der Waals surface area contributed by atoms with Crippen LogP contribution in [0.15, 0.2) is 54.1 Å². The zero-order valence-electron chi connectivity index (χ0n) is 23.9. The molecule has 1 saturated heterocycles. The monoisotopic (exact) mass is 548 g/mol. The first kappa shape index (κ1) is 29.0. The molecule has 3 aliphatic rings. The fourth-order valence-corrected chi connectivity index (χ4v) is 5.58. The molecule has 0 saturated carbocycles. The van der Waals surface area contributed by atoms with Gasteiger partial charge < -0.3 is 34.1 Å². The van der Waals surface area contributed by atoms with Gasteiger partial charge in [0.05, 0.1) is 19.8 Å². The number of nitrogens with one attached hydrogen (secondary N) is 1. The Morgan fingerprint density at radius 1 is 1.07 bits per heavy atom. The molecule has 0 aromatic heterocycles. The van der Waals surface area contributed by atoms with Gasteiger partial charge in [-0.2, -0.15) is 0 Å². The Bertz CT molecular complexity index is 1210. The SMILES string of the molecule is CN(C)CCOCCNCC1(C)COB(c2ccc(CC3(O)C(=O)C4=C(OCCC4)c4ccccc43)cc2)OC1. The second-order valence-corrected chi connectivity index (χ2v) is 11.8. The number of rotatable bonds is 11. The summed E-state index contributed by atoms with van der Waals surface area (Å²) in [6.07, 6.45) is 1.59. The van der Waals surface area contributed by atoms with Crippen LogP contribution in [0, 0.1) is 5.41 Å². The van der Waals surface area contributed by atoms with Gasteiger partial charge in [-0.05, 0) is 38.0 Å². The molecule has 2 aliphatic heterocycles. The Labute approximate surface area is 237 Å². The van der Waals surface area contributed by atoms with E-state index in [-0.39, 0.29) is 17.6 Å². The summed E-state index contributed by atoms with van der Waals surface area (Å²) >= 11 is 0. The molecule has 0 spiro atoms. The van der Waals surface area contributed by atoms with E-state index in [1.165, 1.54) is 0 Å². The number of likely N-dealkylation sites (N-methyl/N-ethyl adjacent to an activating group) is 1. The fraction of sp³-hybridized carbons (Fsp3) is 0.516. The van der Waals surface area contributed by atoms with E-state index in [9.17, 15) is 9.90 Å². The average Bonchev–Trinajstić information content (AvgIpc) is 2.96. The van der Waals surface area contributed by atoms with Crippen LogP contribution < -0.4 is 10.8 Å². The molecule has 40 heavy (non-hydrogen) atoms. The van der Waals surface area contributed by atoms with Gasteiger partial charge in [0, 0.05) is 61.4 Å². The summed E-state index contributed by atoms with van der Waals surface area (Å²) in [6, 6.07) is 15.3. The molecule has 8 nitrogen and oxygen atoms in total. The highest BCUT2D eigenvalue weighted by molar-refractivity contribution is 6.61. The second kappa shape index (κ2) is 12.6. The van der Waals surface area contributed by atoms with Crippen LogP contribution in [0.2, 0.25) is 0 Å². The smallest absolute Gasteiger partial charge is 0.493 e. The molecule has 1 fully saturated rings. The summed E-state index contributed by atoms with van der Waals surface area (Å²) < 4.78 is 23.7. The lowest BCUT2D eigenvalue weighted by Gasteiger charge is -2.37. The minimum Gasteiger partial charge on any atom is -0.493 e. The maximum atomic E-state index is 13.5. The van der Waals surface area contributed by atoms with E-state index >= 15 is 0 Å². The summed E-state index contributed by atoms with van der Waals surface area (Å²) in [6.45, 7) is 7.82. The summed E-state index contributed by atoms with van der Waals surface area (Å²) in [5, 5.41) is 15.3. The maximum Gasteiger partial charge on any atom is 0.493 e. The van der Waals surface area contributed by atoms with Crippen LogP contribution in [-0.2, 0) is 35.6 Å². The van der Waals surface area contributed by atoms with Gasteiger partial charge in [0.1, 0.15) is 5.76 Å². The molecule has 9 heteroatoms. The molecular formula is C31H41BN2O6. The molecule has 0 radical (unpaired) electrons. The third-order valence-electron chi connectivity index (χ3n) is 7.89. The van der Waals surface area contributed by atoms with E-state index < -0.39 is 12.7 Å². The van der Waals surface area contributed by atoms with Gasteiger partial charge in [-0.1, -0.05) is 55.5 Å². The fourth-order valence-electron chi connectivity index (χ4n) is 5.58. The molecule has 2 N–H and O–H groups in total. The van der Waals surface area contributed by atoms with Gasteiger partial charge in [0.2, 0.25) is 0 Å². The van der Waals surface area contributed by atoms with Gasteiger partial charge in [-0.15, -0.1) is 0 Å². The van der Waals surface area contributed by atoms with Crippen molar-refractivity contribution < 1.29 is 28.7 Å². The molecule has 1 atom stereocenters. The number of carbonyl (C=O) groups is 1. The van der Waals surface area contributed by atoms with Crippen molar-refractivity contribution in [1.82, 2.24) is 10.2 Å². The average molecular weight is 548 g/mol. The van der Waals surface area contributed by atoms with Crippen LogP contribution >= 0.6 is 0 Å². The summed E-state index contributed by atoms with van der Waals surface area (Å²) in [7, 11) is 3.63. The minimum absolute atomic E-state index is 0.117. The van der Waals surface area contributed by atoms with E-state index in [2.05, 4.69) is 17.1 Å². The molecule has 1 aliphatic carbocycles. The van der Waals surface area contributed by atoms with Crippen LogP contribution in [0.4, 0.5) is 0 Å². The van der Waals surface area contributed by atoms with Crippen molar-refractivity contribution in [2.24, 2.45) is 5.41 Å². The van der Waals surface area contributed by atoms with Crippen LogP contribution in [-0.4, -0.2) is 89.7 Å². The third kappa shape index (κ3) is 6.35. The first-order valence-electron chi connectivity index (χ1n) is 14.3. The third-order valence-corrected chi connectivity index (χ3v) is 7.89. The van der Waals surface area contributed by atoms with Crippen LogP contribution in [0.25, 0.3) is 5.76 Å². The number of hydrogen-bond acceptors (Lipinski definition) is 8. The van der Waals surface area contributed by atoms with Crippen molar-refractivity contribution in [3.8, 4) is 0 Å². The number of Topliss-reactive ketones (excluding diaryl/α,β-unsaturated/α-hetero) is 1. The van der Waals surface area contributed by atoms with Crippen LogP contribution in [0.3, 0.4) is 0 Å². The Morgan fingerprint density at radius 3 is 2.58 bits per heavy atom. The van der Waals surface area contributed by atoms with E-state index in [0.29, 0.717) is 49.7 Å². The van der Waals surface area contributed by atoms with E-state index in [0.717, 1.165) is 49.3 Å². The molecule has 2 aromatic carbocycles. The van der Waals surface area contributed by atoms with Gasteiger partial charge in [0.25, 0.3) is 0 Å². The Balaban J connectivity index is 1.16. The van der Waals surface area contributed by atoms with Crippen molar-refractivity contribution in [2.45, 2.75) is 31.8 Å². The summed E-state index contributed by atoms with van der Waals surface area (Å²) in [4.78, 5) is 15.7. The number of carbonyl (C=O) groups excluding carboxylic acids is 1.